The Morgan fingerprint density at radius 2 is 2.10 bits per heavy atom. The first kappa shape index (κ1) is 15.0. The molecule has 0 unspecified atom stereocenters. The molecule has 1 amide bonds. The summed E-state index contributed by atoms with van der Waals surface area (Å²) < 4.78 is 0. The zero-order chi connectivity index (χ0) is 15.2. The van der Waals surface area contributed by atoms with Crippen molar-refractivity contribution >= 4 is 23.5 Å². The van der Waals surface area contributed by atoms with E-state index in [-0.39, 0.29) is 11.5 Å². The van der Waals surface area contributed by atoms with Crippen molar-refractivity contribution in [1.29, 1.82) is 0 Å². The van der Waals surface area contributed by atoms with Crippen LogP contribution in [0.1, 0.15) is 26.3 Å². The summed E-state index contributed by atoms with van der Waals surface area (Å²) in [5.41, 5.74) is 1.39. The first-order chi connectivity index (χ1) is 10.1. The third-order valence-corrected chi connectivity index (χ3v) is 3.22. The van der Waals surface area contributed by atoms with Gasteiger partial charge in [-0.05, 0) is 30.2 Å². The van der Waals surface area contributed by atoms with Gasteiger partial charge in [-0.1, -0.05) is 23.7 Å². The van der Waals surface area contributed by atoms with Gasteiger partial charge in [-0.2, -0.15) is 0 Å². The van der Waals surface area contributed by atoms with Crippen molar-refractivity contribution in [1.82, 2.24) is 10.3 Å². The molecule has 0 saturated heterocycles. The lowest BCUT2D eigenvalue weighted by molar-refractivity contribution is 0.0696. The molecule has 2 rings (SSSR count). The van der Waals surface area contributed by atoms with Gasteiger partial charge in [-0.15, -0.1) is 0 Å². The molecule has 2 N–H and O–H groups in total. The monoisotopic (exact) mass is 304 g/mol. The van der Waals surface area contributed by atoms with Crippen molar-refractivity contribution in [3.05, 3.63) is 64.4 Å². The number of rotatable bonds is 5. The Hall–Kier alpha value is -2.40. The number of aromatic nitrogens is 1. The average molecular weight is 305 g/mol. The average Bonchev–Trinajstić information content (AvgIpc) is 2.48. The van der Waals surface area contributed by atoms with E-state index in [9.17, 15) is 9.59 Å². The first-order valence-corrected chi connectivity index (χ1v) is 6.65. The van der Waals surface area contributed by atoms with Crippen LogP contribution in [0.4, 0.5) is 0 Å². The Kier molecular flexibility index (Phi) is 4.90. The summed E-state index contributed by atoms with van der Waals surface area (Å²) in [4.78, 5) is 26.6. The van der Waals surface area contributed by atoms with Crippen molar-refractivity contribution in [3.8, 4) is 0 Å². The molecule has 0 aliphatic rings. The number of amides is 1. The molecule has 0 aliphatic heterocycles. The Balaban J connectivity index is 1.93. The molecule has 0 atom stereocenters. The molecule has 0 fully saturated rings. The maximum absolute atomic E-state index is 11.9. The Labute approximate surface area is 126 Å². The van der Waals surface area contributed by atoms with Gasteiger partial charge >= 0.3 is 5.97 Å². The molecule has 5 nitrogen and oxygen atoms in total. The number of hydrogen-bond donors (Lipinski definition) is 2. The van der Waals surface area contributed by atoms with E-state index >= 15 is 0 Å². The molecule has 1 aromatic heterocycles. The van der Waals surface area contributed by atoms with Gasteiger partial charge in [-0.3, -0.25) is 9.78 Å². The molecule has 1 heterocycles. The van der Waals surface area contributed by atoms with Crippen molar-refractivity contribution in [2.75, 3.05) is 6.54 Å². The molecular weight excluding hydrogens is 292 g/mol. The second kappa shape index (κ2) is 6.85. The SMILES string of the molecule is O=C(O)c1cccc(CCNC(=O)c2cnccc2Cl)c1. The van der Waals surface area contributed by atoms with E-state index in [1.807, 2.05) is 6.07 Å². The molecule has 6 heteroatoms. The highest BCUT2D eigenvalue weighted by Crippen LogP contribution is 2.13. The number of carbonyl (C=O) groups is 2. The maximum atomic E-state index is 11.9. The van der Waals surface area contributed by atoms with Gasteiger partial charge in [-0.25, -0.2) is 4.79 Å². The molecule has 1 aromatic carbocycles. The molecule has 21 heavy (non-hydrogen) atoms. The Morgan fingerprint density at radius 3 is 2.81 bits per heavy atom. The van der Waals surface area contributed by atoms with Crippen molar-refractivity contribution in [3.63, 3.8) is 0 Å². The van der Waals surface area contributed by atoms with E-state index in [0.717, 1.165) is 5.56 Å². The van der Waals surface area contributed by atoms with E-state index in [2.05, 4.69) is 10.3 Å². The van der Waals surface area contributed by atoms with Crippen molar-refractivity contribution in [2.45, 2.75) is 6.42 Å². The van der Waals surface area contributed by atoms with E-state index in [1.165, 1.54) is 18.5 Å². The van der Waals surface area contributed by atoms with Crippen LogP contribution in [0.5, 0.6) is 0 Å². The summed E-state index contributed by atoms with van der Waals surface area (Å²) in [7, 11) is 0. The fraction of sp³-hybridized carbons (Fsp3) is 0.133. The lowest BCUT2D eigenvalue weighted by atomic mass is 10.1. The van der Waals surface area contributed by atoms with Crippen LogP contribution in [0.15, 0.2) is 42.7 Å². The zero-order valence-corrected chi connectivity index (χ0v) is 11.8. The van der Waals surface area contributed by atoms with E-state index in [4.69, 9.17) is 16.7 Å². The van der Waals surface area contributed by atoms with Crippen molar-refractivity contribution in [2.24, 2.45) is 0 Å². The number of aromatic carboxylic acids is 1. The lowest BCUT2D eigenvalue weighted by Gasteiger charge is -2.07. The topological polar surface area (TPSA) is 79.3 Å². The van der Waals surface area contributed by atoms with Crippen LogP contribution >= 0.6 is 11.6 Å². The maximum Gasteiger partial charge on any atom is 0.335 e. The smallest absolute Gasteiger partial charge is 0.335 e. The van der Waals surface area contributed by atoms with Crippen LogP contribution in [-0.4, -0.2) is 28.5 Å². The van der Waals surface area contributed by atoms with Crippen LogP contribution in [0, 0.1) is 0 Å². The first-order valence-electron chi connectivity index (χ1n) is 6.28. The fourth-order valence-electron chi connectivity index (χ4n) is 1.82. The number of carboxylic acid groups (broad SMARTS) is 1. The van der Waals surface area contributed by atoms with Gasteiger partial charge in [0, 0.05) is 18.9 Å². The van der Waals surface area contributed by atoms with Crippen LogP contribution < -0.4 is 5.32 Å². The van der Waals surface area contributed by atoms with E-state index in [1.54, 1.807) is 18.2 Å². The third kappa shape index (κ3) is 4.03. The minimum absolute atomic E-state index is 0.231. The summed E-state index contributed by atoms with van der Waals surface area (Å²) in [6.45, 7) is 0.382. The second-order valence-corrected chi connectivity index (χ2v) is 4.77. The highest BCUT2D eigenvalue weighted by atomic mass is 35.5. The second-order valence-electron chi connectivity index (χ2n) is 4.37. The molecule has 0 radical (unpaired) electrons. The largest absolute Gasteiger partial charge is 0.478 e. The van der Waals surface area contributed by atoms with Crippen LogP contribution in [0.25, 0.3) is 0 Å². The van der Waals surface area contributed by atoms with Gasteiger partial charge in [0.15, 0.2) is 0 Å². The van der Waals surface area contributed by atoms with Crippen molar-refractivity contribution < 1.29 is 14.7 Å². The predicted molar refractivity (Wildman–Crippen MR) is 78.7 cm³/mol. The number of nitrogens with zero attached hydrogens (tertiary/aromatic N) is 1. The normalized spacial score (nSPS) is 10.1. The Bertz CT molecular complexity index is 673. The summed E-state index contributed by atoms with van der Waals surface area (Å²) >= 11 is 5.90. The standard InChI is InChI=1S/C15H13ClN2O3/c16-13-5-6-17-9-12(13)14(19)18-7-4-10-2-1-3-11(8-10)15(20)21/h1-3,5-6,8-9H,4,7H2,(H,18,19)(H,20,21). The molecule has 0 aliphatic carbocycles. The number of pyridine rings is 1. The van der Waals surface area contributed by atoms with Crippen LogP contribution in [0.2, 0.25) is 5.02 Å². The third-order valence-electron chi connectivity index (χ3n) is 2.89. The van der Waals surface area contributed by atoms with E-state index < -0.39 is 5.97 Å². The number of benzene rings is 1. The predicted octanol–water partition coefficient (Wildman–Crippen LogP) is 2.41. The Morgan fingerprint density at radius 1 is 1.29 bits per heavy atom. The van der Waals surface area contributed by atoms with Gasteiger partial charge in [0.1, 0.15) is 0 Å². The fourth-order valence-corrected chi connectivity index (χ4v) is 2.01. The summed E-state index contributed by atoms with van der Waals surface area (Å²) in [5.74, 6) is -1.27. The van der Waals surface area contributed by atoms with Gasteiger partial charge < -0.3 is 10.4 Å². The summed E-state index contributed by atoms with van der Waals surface area (Å²) in [5, 5.41) is 12.0. The van der Waals surface area contributed by atoms with E-state index in [0.29, 0.717) is 23.6 Å². The summed E-state index contributed by atoms with van der Waals surface area (Å²) in [6, 6.07) is 8.16. The zero-order valence-electron chi connectivity index (χ0n) is 11.0. The van der Waals surface area contributed by atoms with Gasteiger partial charge in [0.2, 0.25) is 0 Å². The highest BCUT2D eigenvalue weighted by Gasteiger charge is 2.09. The number of hydrogen-bond acceptors (Lipinski definition) is 3. The number of carbonyl (C=O) groups excluding carboxylic acids is 1. The quantitative estimate of drug-likeness (QED) is 0.889. The lowest BCUT2D eigenvalue weighted by Crippen LogP contribution is -2.26. The minimum Gasteiger partial charge on any atom is -0.478 e. The molecule has 0 bridgehead atoms. The van der Waals surface area contributed by atoms with Gasteiger partial charge in [0.05, 0.1) is 16.1 Å². The molecule has 2 aromatic rings. The molecule has 0 saturated carbocycles. The number of halogens is 1. The minimum atomic E-state index is -0.969. The molecular formula is C15H13ClN2O3. The van der Waals surface area contributed by atoms with Crippen LogP contribution in [0.3, 0.4) is 0 Å². The number of carboxylic acids is 1. The number of nitrogens with one attached hydrogen (secondary N) is 1. The highest BCUT2D eigenvalue weighted by molar-refractivity contribution is 6.33. The molecule has 108 valence electrons. The van der Waals surface area contributed by atoms with Crippen LogP contribution in [-0.2, 0) is 6.42 Å². The molecule has 0 spiro atoms. The summed E-state index contributed by atoms with van der Waals surface area (Å²) in [6.07, 6.45) is 3.45. The van der Waals surface area contributed by atoms with Gasteiger partial charge in [0.25, 0.3) is 5.91 Å².